The zero-order valence-corrected chi connectivity index (χ0v) is 15.4. The molecule has 23 heavy (non-hydrogen) atoms. The molecule has 0 aromatic carbocycles. The Morgan fingerprint density at radius 1 is 1.13 bits per heavy atom. The van der Waals surface area contributed by atoms with Gasteiger partial charge in [0.25, 0.3) is 0 Å². The van der Waals surface area contributed by atoms with Crippen LogP contribution in [-0.4, -0.2) is 34.1 Å². The van der Waals surface area contributed by atoms with E-state index in [2.05, 4.69) is 27.7 Å². The minimum atomic E-state index is -0.683. The maximum absolute atomic E-state index is 11.8. The molecule has 0 aromatic rings. The van der Waals surface area contributed by atoms with Crippen LogP contribution in [0.15, 0.2) is 11.6 Å². The summed E-state index contributed by atoms with van der Waals surface area (Å²) in [6, 6.07) is 0. The van der Waals surface area contributed by atoms with Crippen LogP contribution < -0.4 is 0 Å². The summed E-state index contributed by atoms with van der Waals surface area (Å²) in [7, 11) is 0. The van der Waals surface area contributed by atoms with Gasteiger partial charge >= 0.3 is 0 Å². The fourth-order valence-corrected chi connectivity index (χ4v) is 5.83. The van der Waals surface area contributed by atoms with Gasteiger partial charge in [-0.05, 0) is 66.8 Å². The third-order valence-electron chi connectivity index (χ3n) is 7.33. The molecule has 2 aliphatic carbocycles. The molecule has 0 spiro atoms. The average molecular weight is 325 g/mol. The second kappa shape index (κ2) is 6.85. The fraction of sp³-hybridized carbons (Fsp3) is 0.900. The van der Waals surface area contributed by atoms with Crippen molar-refractivity contribution in [3.63, 3.8) is 0 Å². The molecule has 0 aliphatic heterocycles. The highest BCUT2D eigenvalue weighted by Gasteiger charge is 2.60. The summed E-state index contributed by atoms with van der Waals surface area (Å²) < 4.78 is 0. The third kappa shape index (κ3) is 3.25. The predicted molar refractivity (Wildman–Crippen MR) is 94.1 cm³/mol. The highest BCUT2D eigenvalue weighted by atomic mass is 16.3. The predicted octanol–water partition coefficient (Wildman–Crippen LogP) is 3.67. The van der Waals surface area contributed by atoms with Crippen LogP contribution in [0.5, 0.6) is 0 Å². The number of aliphatic hydroxyl groups excluding tert-OH is 2. The molecular weight excluding hydrogens is 288 g/mol. The fourth-order valence-electron chi connectivity index (χ4n) is 5.83. The number of hydrogen-bond acceptors (Lipinski definition) is 3. The summed E-state index contributed by atoms with van der Waals surface area (Å²) >= 11 is 0. The van der Waals surface area contributed by atoms with Crippen molar-refractivity contribution in [1.82, 2.24) is 0 Å². The van der Waals surface area contributed by atoms with Crippen molar-refractivity contribution in [3.8, 4) is 0 Å². The van der Waals surface area contributed by atoms with Gasteiger partial charge in [0.1, 0.15) is 0 Å². The van der Waals surface area contributed by atoms with Gasteiger partial charge < -0.3 is 15.3 Å². The summed E-state index contributed by atoms with van der Waals surface area (Å²) in [6.45, 7) is 9.17. The lowest BCUT2D eigenvalue weighted by Crippen LogP contribution is -2.62. The molecule has 0 radical (unpaired) electrons. The van der Waals surface area contributed by atoms with Gasteiger partial charge in [0.05, 0.1) is 18.8 Å². The first-order chi connectivity index (χ1) is 10.7. The Morgan fingerprint density at radius 3 is 2.43 bits per heavy atom. The molecule has 0 heterocycles. The van der Waals surface area contributed by atoms with E-state index in [-0.39, 0.29) is 24.5 Å². The molecule has 0 amide bonds. The summed E-state index contributed by atoms with van der Waals surface area (Å²) in [5.74, 6) is 0.844. The quantitative estimate of drug-likeness (QED) is 0.676. The number of fused-ring (bicyclic) bond motifs is 1. The highest BCUT2D eigenvalue weighted by Crippen LogP contribution is 2.63. The van der Waals surface area contributed by atoms with Crippen LogP contribution in [0, 0.1) is 22.7 Å². The van der Waals surface area contributed by atoms with Gasteiger partial charge in [-0.2, -0.15) is 0 Å². The van der Waals surface area contributed by atoms with Gasteiger partial charge in [0.2, 0.25) is 0 Å². The van der Waals surface area contributed by atoms with E-state index >= 15 is 0 Å². The molecule has 0 saturated heterocycles. The van der Waals surface area contributed by atoms with E-state index in [1.807, 2.05) is 0 Å². The third-order valence-corrected chi connectivity index (χ3v) is 7.33. The Balaban J connectivity index is 2.27. The van der Waals surface area contributed by atoms with Crippen molar-refractivity contribution < 1.29 is 15.3 Å². The van der Waals surface area contributed by atoms with Crippen LogP contribution in [0.3, 0.4) is 0 Å². The molecule has 3 N–H and O–H groups in total. The second-order valence-electron chi connectivity index (χ2n) is 8.92. The molecule has 2 fully saturated rings. The van der Waals surface area contributed by atoms with Crippen LogP contribution in [0.4, 0.5) is 0 Å². The molecule has 3 nitrogen and oxygen atoms in total. The van der Waals surface area contributed by atoms with E-state index in [9.17, 15) is 10.2 Å². The topological polar surface area (TPSA) is 60.7 Å². The van der Waals surface area contributed by atoms with Gasteiger partial charge in [-0.25, -0.2) is 0 Å². The van der Waals surface area contributed by atoms with E-state index in [4.69, 9.17) is 5.11 Å². The first-order valence-corrected chi connectivity index (χ1v) is 9.33. The van der Waals surface area contributed by atoms with Gasteiger partial charge in [0.15, 0.2) is 0 Å². The van der Waals surface area contributed by atoms with Crippen LogP contribution in [0.2, 0.25) is 0 Å². The summed E-state index contributed by atoms with van der Waals surface area (Å²) in [4.78, 5) is 0. The summed E-state index contributed by atoms with van der Waals surface area (Å²) in [5.41, 5.74) is 0.402. The SMILES string of the molecule is C[C@@H]1CC[C@@H]2C(C)(C)CCC[C@@]2(C)[C@@]1(O)CC/C(=C/CO)CO. The van der Waals surface area contributed by atoms with Gasteiger partial charge in [-0.15, -0.1) is 0 Å². The average Bonchev–Trinajstić information content (AvgIpc) is 2.48. The van der Waals surface area contributed by atoms with Crippen molar-refractivity contribution in [1.29, 1.82) is 0 Å². The van der Waals surface area contributed by atoms with Crippen LogP contribution in [0.25, 0.3) is 0 Å². The zero-order valence-electron chi connectivity index (χ0n) is 15.4. The Labute approximate surface area is 141 Å². The standard InChI is InChI=1S/C20H36O3/c1-15-6-7-17-18(2,3)10-5-11-19(17,4)20(15,23)12-8-16(14-22)9-13-21/h9,15,17,21-23H,5-8,10-14H2,1-4H3/b16-9-/t15-,17-,19-,20-/m1/s1. The Kier molecular flexibility index (Phi) is 5.65. The highest BCUT2D eigenvalue weighted by molar-refractivity contribution is 5.13. The first kappa shape index (κ1) is 19.0. The first-order valence-electron chi connectivity index (χ1n) is 9.33. The van der Waals surface area contributed by atoms with Gasteiger partial charge in [0, 0.05) is 0 Å². The minimum Gasteiger partial charge on any atom is -0.392 e. The van der Waals surface area contributed by atoms with E-state index in [1.165, 1.54) is 19.3 Å². The normalized spacial score (nSPS) is 40.7. The molecule has 134 valence electrons. The monoisotopic (exact) mass is 324 g/mol. The summed E-state index contributed by atoms with van der Waals surface area (Å²) in [5, 5.41) is 30.3. The molecule has 3 heteroatoms. The lowest BCUT2D eigenvalue weighted by molar-refractivity contribution is -0.211. The Hall–Kier alpha value is -0.380. The van der Waals surface area contributed by atoms with E-state index in [1.54, 1.807) is 6.08 Å². The van der Waals surface area contributed by atoms with E-state index < -0.39 is 5.60 Å². The number of hydrogen-bond donors (Lipinski definition) is 3. The molecule has 2 saturated carbocycles. The van der Waals surface area contributed by atoms with E-state index in [0.29, 0.717) is 24.2 Å². The van der Waals surface area contributed by atoms with Gasteiger partial charge in [-0.3, -0.25) is 0 Å². The van der Waals surface area contributed by atoms with Gasteiger partial charge in [-0.1, -0.05) is 40.2 Å². The van der Waals surface area contributed by atoms with Crippen molar-refractivity contribution in [3.05, 3.63) is 11.6 Å². The molecule has 4 atom stereocenters. The number of aliphatic hydroxyl groups is 3. The molecule has 0 unspecified atom stereocenters. The summed E-state index contributed by atoms with van der Waals surface area (Å²) in [6.07, 6.45) is 8.87. The molecule has 2 rings (SSSR count). The minimum absolute atomic E-state index is 0.0311. The van der Waals surface area contributed by atoms with Crippen molar-refractivity contribution in [2.45, 2.75) is 78.2 Å². The second-order valence-corrected chi connectivity index (χ2v) is 8.92. The maximum atomic E-state index is 11.8. The largest absolute Gasteiger partial charge is 0.392 e. The molecule has 2 aliphatic rings. The van der Waals surface area contributed by atoms with Crippen LogP contribution in [0.1, 0.15) is 72.6 Å². The smallest absolute Gasteiger partial charge is 0.0732 e. The lowest BCUT2D eigenvalue weighted by Gasteiger charge is -2.63. The van der Waals surface area contributed by atoms with Crippen molar-refractivity contribution in [2.24, 2.45) is 22.7 Å². The molecule has 0 aromatic heterocycles. The molecular formula is C20H36O3. The maximum Gasteiger partial charge on any atom is 0.0732 e. The van der Waals surface area contributed by atoms with Crippen molar-refractivity contribution in [2.75, 3.05) is 13.2 Å². The lowest BCUT2D eigenvalue weighted by atomic mass is 9.44. The number of rotatable bonds is 5. The Bertz CT molecular complexity index is 442. The van der Waals surface area contributed by atoms with Crippen LogP contribution >= 0.6 is 0 Å². The van der Waals surface area contributed by atoms with Crippen LogP contribution in [-0.2, 0) is 0 Å². The van der Waals surface area contributed by atoms with Crippen molar-refractivity contribution >= 4 is 0 Å². The molecule has 0 bridgehead atoms. The van der Waals surface area contributed by atoms with E-state index in [0.717, 1.165) is 18.4 Å². The Morgan fingerprint density at radius 2 is 1.83 bits per heavy atom. The zero-order chi connectivity index (χ0) is 17.3.